The first kappa shape index (κ1) is 53.4. The third-order valence-corrected chi connectivity index (χ3v) is 0. The Morgan fingerprint density at radius 1 is 1.00 bits per heavy atom. The Labute approximate surface area is 81.1 Å². The van der Waals surface area contributed by atoms with Gasteiger partial charge in [-0.3, -0.25) is 0 Å². The van der Waals surface area contributed by atoms with E-state index in [4.69, 9.17) is 0 Å². The van der Waals surface area contributed by atoms with Crippen LogP contribution in [0.25, 0.3) is 0 Å². The average molecular weight is 282 g/mol. The normalized spacial score (nSPS) is 0. The van der Waals surface area contributed by atoms with Crippen molar-refractivity contribution in [3.05, 3.63) is 0 Å². The standard InChI is InChI=1S/Co.Mn.Ni.H2O.Zr/h;;;1H2;. The van der Waals surface area contributed by atoms with E-state index in [1.165, 1.54) is 0 Å². The molecule has 0 spiro atoms. The van der Waals surface area contributed by atoms with E-state index in [2.05, 4.69) is 0 Å². The van der Waals surface area contributed by atoms with Crippen molar-refractivity contribution < 1.29 is 82.0 Å². The molecule has 0 saturated heterocycles. The van der Waals surface area contributed by atoms with Crippen LogP contribution in [-0.2, 0) is 76.5 Å². The fraction of sp³-hybridized carbons (Fsp3) is 0. The summed E-state index contributed by atoms with van der Waals surface area (Å²) in [6.07, 6.45) is 0. The molecule has 0 bridgehead atoms. The topological polar surface area (TPSA) is 31.5 Å². The monoisotopic (exact) mass is 280 g/mol. The second-order valence-corrected chi connectivity index (χ2v) is 0. The van der Waals surface area contributed by atoms with Crippen molar-refractivity contribution >= 4 is 0 Å². The van der Waals surface area contributed by atoms with Gasteiger partial charge in [-0.1, -0.05) is 0 Å². The Morgan fingerprint density at radius 2 is 1.00 bits per heavy atom. The summed E-state index contributed by atoms with van der Waals surface area (Å²) in [5.74, 6) is 0. The molecular weight excluding hydrogens is 280 g/mol. The summed E-state index contributed by atoms with van der Waals surface area (Å²) < 4.78 is 0. The Balaban J connectivity index is 0. The number of hydrogen-bond acceptors (Lipinski definition) is 0. The molecule has 38 valence electrons. The molecule has 0 atom stereocenters. The van der Waals surface area contributed by atoms with E-state index >= 15 is 0 Å². The summed E-state index contributed by atoms with van der Waals surface area (Å²) in [5, 5.41) is 0. The SMILES string of the molecule is O.[Co].[Mn].[Ni].[Zr]. The molecule has 1 nitrogen and oxygen atoms in total. The second kappa shape index (κ2) is 32.8. The van der Waals surface area contributed by atoms with Crippen molar-refractivity contribution in [2.75, 3.05) is 0 Å². The van der Waals surface area contributed by atoms with Gasteiger partial charge in [0, 0.05) is 76.5 Å². The van der Waals surface area contributed by atoms with E-state index in [1.54, 1.807) is 0 Å². The molecular formula is H2CoMnNiOZr. The third-order valence-electron chi connectivity index (χ3n) is 0. The molecule has 0 aliphatic rings. The molecule has 0 aliphatic heterocycles. The van der Waals surface area contributed by atoms with Crippen molar-refractivity contribution in [3.63, 3.8) is 0 Å². The van der Waals surface area contributed by atoms with Crippen molar-refractivity contribution in [3.8, 4) is 0 Å². The van der Waals surface area contributed by atoms with Gasteiger partial charge in [0.25, 0.3) is 0 Å². The van der Waals surface area contributed by atoms with Crippen LogP contribution >= 0.6 is 0 Å². The largest absolute Gasteiger partial charge is 0.412 e. The molecule has 0 aliphatic carbocycles. The average Bonchev–Trinajstić information content (AvgIpc) is 0. The number of hydrogen-bond donors (Lipinski definition) is 0. The van der Waals surface area contributed by atoms with Gasteiger partial charge in [0.05, 0.1) is 0 Å². The van der Waals surface area contributed by atoms with Gasteiger partial charge in [-0.15, -0.1) is 0 Å². The minimum absolute atomic E-state index is 0. The zero-order chi connectivity index (χ0) is 0. The molecule has 5 heavy (non-hydrogen) atoms. The molecule has 0 aromatic carbocycles. The van der Waals surface area contributed by atoms with Crippen molar-refractivity contribution in [1.29, 1.82) is 0 Å². The van der Waals surface area contributed by atoms with Crippen molar-refractivity contribution in [1.82, 2.24) is 0 Å². The van der Waals surface area contributed by atoms with Gasteiger partial charge >= 0.3 is 0 Å². The van der Waals surface area contributed by atoms with E-state index in [9.17, 15) is 0 Å². The summed E-state index contributed by atoms with van der Waals surface area (Å²) >= 11 is 0. The van der Waals surface area contributed by atoms with Crippen LogP contribution in [0.15, 0.2) is 0 Å². The molecule has 0 aromatic heterocycles. The molecule has 0 aromatic rings. The fourth-order valence-electron chi connectivity index (χ4n) is 0. The van der Waals surface area contributed by atoms with Crippen molar-refractivity contribution in [2.24, 2.45) is 0 Å². The van der Waals surface area contributed by atoms with Gasteiger partial charge in [0.1, 0.15) is 0 Å². The predicted octanol–water partition coefficient (Wildman–Crippen LogP) is -0.835. The van der Waals surface area contributed by atoms with E-state index in [0.29, 0.717) is 0 Å². The van der Waals surface area contributed by atoms with Gasteiger partial charge < -0.3 is 5.48 Å². The van der Waals surface area contributed by atoms with E-state index in [-0.39, 0.29) is 82.0 Å². The first-order chi connectivity index (χ1) is 0. The van der Waals surface area contributed by atoms with Crippen LogP contribution in [0.3, 0.4) is 0 Å². The third kappa shape index (κ3) is 21.7. The summed E-state index contributed by atoms with van der Waals surface area (Å²) in [4.78, 5) is 0. The molecule has 0 saturated carbocycles. The van der Waals surface area contributed by atoms with Crippen molar-refractivity contribution in [2.45, 2.75) is 0 Å². The Hall–Kier alpha value is 2.36. The quantitative estimate of drug-likeness (QED) is 0.519. The van der Waals surface area contributed by atoms with Crippen LogP contribution < -0.4 is 0 Å². The van der Waals surface area contributed by atoms with E-state index in [0.717, 1.165) is 0 Å². The smallest absolute Gasteiger partial charge is 0 e. The molecule has 0 unspecified atom stereocenters. The molecule has 0 heterocycles. The first-order valence-corrected chi connectivity index (χ1v) is 0. The minimum atomic E-state index is 0. The minimum Gasteiger partial charge on any atom is -0.412 e. The molecule has 5 heteroatoms. The molecule has 0 amide bonds. The zero-order valence-corrected chi connectivity index (χ0v) is 7.69. The van der Waals surface area contributed by atoms with Crippen LogP contribution in [-0.4, -0.2) is 5.48 Å². The summed E-state index contributed by atoms with van der Waals surface area (Å²) in [7, 11) is 0. The maximum Gasteiger partial charge on any atom is 0 e. The van der Waals surface area contributed by atoms with E-state index in [1.807, 2.05) is 0 Å². The summed E-state index contributed by atoms with van der Waals surface area (Å²) in [5.41, 5.74) is 0. The van der Waals surface area contributed by atoms with Gasteiger partial charge in [-0.2, -0.15) is 0 Å². The van der Waals surface area contributed by atoms with Gasteiger partial charge in [-0.05, 0) is 0 Å². The molecule has 0 rings (SSSR count). The van der Waals surface area contributed by atoms with Crippen LogP contribution in [0.4, 0.5) is 0 Å². The Bertz CT molecular complexity index is 11.6. The fourth-order valence-corrected chi connectivity index (χ4v) is 0. The summed E-state index contributed by atoms with van der Waals surface area (Å²) in [6, 6.07) is 0. The van der Waals surface area contributed by atoms with Gasteiger partial charge in [-0.25, -0.2) is 0 Å². The maximum atomic E-state index is 0. The Morgan fingerprint density at radius 3 is 1.00 bits per heavy atom. The Kier molecular flexibility index (Phi) is 350. The maximum absolute atomic E-state index is 0. The van der Waals surface area contributed by atoms with Crippen LogP contribution in [0.1, 0.15) is 0 Å². The van der Waals surface area contributed by atoms with Crippen LogP contribution in [0.2, 0.25) is 0 Å². The van der Waals surface area contributed by atoms with Gasteiger partial charge in [0.2, 0.25) is 0 Å². The number of rotatable bonds is 0. The van der Waals surface area contributed by atoms with Crippen LogP contribution in [0.5, 0.6) is 0 Å². The molecule has 2 N–H and O–H groups in total. The second-order valence-electron chi connectivity index (χ2n) is 0. The predicted molar refractivity (Wildman–Crippen MR) is 3.61 cm³/mol. The van der Waals surface area contributed by atoms with Crippen LogP contribution in [0, 0.1) is 0 Å². The zero-order valence-electron chi connectivity index (χ0n) is 2.03. The molecule has 2 radical (unpaired) electrons. The summed E-state index contributed by atoms with van der Waals surface area (Å²) in [6.45, 7) is 0. The first-order valence-electron chi connectivity index (χ1n) is 0. The van der Waals surface area contributed by atoms with E-state index < -0.39 is 0 Å². The van der Waals surface area contributed by atoms with Gasteiger partial charge in [0.15, 0.2) is 0 Å². The molecule has 0 fully saturated rings.